The molecule has 0 saturated carbocycles. The van der Waals surface area contributed by atoms with Crippen LogP contribution in [0.1, 0.15) is 66.2 Å². The Balaban J connectivity index is 1.45. The quantitative estimate of drug-likeness (QED) is 0.0626. The molecule has 0 radical (unpaired) electrons. The number of esters is 1. The Bertz CT molecular complexity index is 2020. The highest BCUT2D eigenvalue weighted by molar-refractivity contribution is 8.00. The van der Waals surface area contributed by atoms with Gasteiger partial charge in [0.1, 0.15) is 10.3 Å². The summed E-state index contributed by atoms with van der Waals surface area (Å²) >= 11 is 27.0. The van der Waals surface area contributed by atoms with Crippen molar-refractivity contribution in [3.63, 3.8) is 0 Å². The lowest BCUT2D eigenvalue weighted by atomic mass is 10.0. The molecule has 16 heteroatoms. The maximum atomic E-state index is 14.1. The second-order valence-electron chi connectivity index (χ2n) is 10.8. The van der Waals surface area contributed by atoms with Crippen LogP contribution in [0.4, 0.5) is 10.7 Å². The lowest BCUT2D eigenvalue weighted by Crippen LogP contribution is -2.34. The van der Waals surface area contributed by atoms with E-state index in [0.717, 1.165) is 10.4 Å². The number of carboxylic acid groups (broad SMARTS) is 1. The Morgan fingerprint density at radius 3 is 2.24 bits per heavy atom. The molecule has 0 fully saturated rings. The predicted molar refractivity (Wildman–Crippen MR) is 197 cm³/mol. The number of hydrogen-bond donors (Lipinski definition) is 3. The third-order valence-electron chi connectivity index (χ3n) is 7.61. The number of amides is 3. The fourth-order valence-electron chi connectivity index (χ4n) is 5.28. The van der Waals surface area contributed by atoms with E-state index in [-0.39, 0.29) is 38.8 Å². The minimum atomic E-state index is -1.53. The number of nitrogens with zero attached hydrogens (tertiary/aromatic N) is 1. The van der Waals surface area contributed by atoms with Gasteiger partial charge in [0.05, 0.1) is 49.9 Å². The number of fused-ring (bicyclic) bond motifs is 1. The maximum Gasteiger partial charge on any atom is 0.341 e. The van der Waals surface area contributed by atoms with Crippen LogP contribution in [0.15, 0.2) is 59.5 Å². The minimum absolute atomic E-state index is 0.0857. The van der Waals surface area contributed by atoms with Crippen molar-refractivity contribution in [3.8, 4) is 0 Å². The first-order valence-corrected chi connectivity index (χ1v) is 18.1. The van der Waals surface area contributed by atoms with Crippen molar-refractivity contribution in [1.29, 1.82) is 0 Å². The van der Waals surface area contributed by atoms with E-state index in [1.807, 2.05) is 6.07 Å². The molecule has 0 spiro atoms. The molecule has 1 aromatic heterocycles. The maximum absolute atomic E-state index is 14.1. The summed E-state index contributed by atoms with van der Waals surface area (Å²) in [6.45, 7) is 4.09. The minimum Gasteiger partial charge on any atom is -0.478 e. The molecule has 4 aromatic rings. The fourth-order valence-corrected chi connectivity index (χ4v) is 8.64. The first kappa shape index (κ1) is 37.5. The highest BCUT2D eigenvalue weighted by atomic mass is 35.5. The molecule has 1 atom stereocenters. The molecule has 1 aliphatic heterocycles. The topological polar surface area (TPSA) is 142 Å². The number of carboxylic acids is 1. The summed E-state index contributed by atoms with van der Waals surface area (Å²) in [6.07, 6.45) is 0.443. The molecule has 1 aliphatic rings. The van der Waals surface area contributed by atoms with Crippen molar-refractivity contribution in [3.05, 3.63) is 107 Å². The molecule has 50 heavy (non-hydrogen) atoms. The van der Waals surface area contributed by atoms with E-state index in [1.54, 1.807) is 60.4 Å². The number of carbonyl (C=O) groups excluding carboxylic acids is 4. The molecule has 3 aromatic carbocycles. The number of thiophene rings is 1. The summed E-state index contributed by atoms with van der Waals surface area (Å²) in [6, 6.07) is 15.5. The molecular formula is C34H27Cl4N3O7S2. The van der Waals surface area contributed by atoms with Crippen LogP contribution >= 0.6 is 69.5 Å². The highest BCUT2D eigenvalue weighted by Crippen LogP contribution is 2.43. The van der Waals surface area contributed by atoms with E-state index in [2.05, 4.69) is 10.6 Å². The zero-order chi connectivity index (χ0) is 36.3. The number of halogens is 4. The largest absolute Gasteiger partial charge is 0.478 e. The van der Waals surface area contributed by atoms with Crippen molar-refractivity contribution in [2.45, 2.75) is 37.0 Å². The Morgan fingerprint density at radius 2 is 1.60 bits per heavy atom. The monoisotopic (exact) mass is 793 g/mol. The molecule has 0 saturated heterocycles. The van der Waals surface area contributed by atoms with Gasteiger partial charge in [0.25, 0.3) is 5.91 Å². The van der Waals surface area contributed by atoms with Gasteiger partial charge in [0.15, 0.2) is 0 Å². The van der Waals surface area contributed by atoms with Gasteiger partial charge in [-0.05, 0) is 42.7 Å². The van der Waals surface area contributed by atoms with E-state index in [1.165, 1.54) is 30.0 Å². The zero-order valence-corrected chi connectivity index (χ0v) is 30.9. The molecule has 1 unspecified atom stereocenters. The number of hydrogen-bond acceptors (Lipinski definition) is 8. The first-order valence-electron chi connectivity index (χ1n) is 14.9. The Kier molecular flexibility index (Phi) is 12.0. The number of anilines is 2. The van der Waals surface area contributed by atoms with Crippen LogP contribution in [-0.2, 0) is 27.3 Å². The Labute approximate surface area is 315 Å². The number of aromatic carboxylic acids is 1. The van der Waals surface area contributed by atoms with Gasteiger partial charge in [-0.25, -0.2) is 9.59 Å². The molecule has 260 valence electrons. The normalized spacial score (nSPS) is 12.9. The van der Waals surface area contributed by atoms with Gasteiger partial charge in [-0.1, -0.05) is 82.8 Å². The van der Waals surface area contributed by atoms with Crippen molar-refractivity contribution >= 4 is 110 Å². The lowest BCUT2D eigenvalue weighted by Gasteiger charge is -2.25. The van der Waals surface area contributed by atoms with Gasteiger partial charge >= 0.3 is 11.9 Å². The van der Waals surface area contributed by atoms with Gasteiger partial charge in [-0.15, -0.1) is 23.1 Å². The third-order valence-corrected chi connectivity index (χ3v) is 11.8. The van der Waals surface area contributed by atoms with Gasteiger partial charge in [-0.2, -0.15) is 0 Å². The van der Waals surface area contributed by atoms with E-state index in [0.29, 0.717) is 35.0 Å². The lowest BCUT2D eigenvalue weighted by molar-refractivity contribution is -0.129. The van der Waals surface area contributed by atoms with Crippen LogP contribution in [0, 0.1) is 0 Å². The van der Waals surface area contributed by atoms with Gasteiger partial charge in [0, 0.05) is 28.9 Å². The number of thioether (sulfide) groups is 1. The van der Waals surface area contributed by atoms with Crippen molar-refractivity contribution < 1.29 is 33.8 Å². The number of carbonyl (C=O) groups is 5. The molecule has 5 rings (SSSR count). The predicted octanol–water partition coefficient (Wildman–Crippen LogP) is 8.87. The van der Waals surface area contributed by atoms with Crippen molar-refractivity contribution in [2.75, 3.05) is 23.8 Å². The van der Waals surface area contributed by atoms with Gasteiger partial charge < -0.3 is 25.4 Å². The standard InChI is InChI=1S/C34H27Cl4N3O7S2/c1-3-48-34(47)22-20-12-13-41(16(2)42)15-21(20)50-32(22)40-31(44)29(17-8-5-4-6-9-17)49-19-11-7-10-18(14-19)39-30(43)23-24(33(45)46)26(36)28(38)27(37)25(23)35/h4-11,14,29H,3,12-13,15H2,1-2H3,(H,39,43)(H,40,44)(H,45,46). The second-order valence-corrected chi connectivity index (χ2v) is 14.6. The SMILES string of the molecule is CCOC(=O)c1c(NC(=O)C(Sc2cccc(NC(=O)c3c(Cl)c(Cl)c(Cl)c(Cl)c3C(=O)O)c2)c2ccccc2)sc2c1CCN(C(C)=O)C2. The first-order chi connectivity index (χ1) is 23.8. The van der Waals surface area contributed by atoms with Crippen LogP contribution in [0.25, 0.3) is 0 Å². The fraction of sp³-hybridized carbons (Fsp3) is 0.206. The van der Waals surface area contributed by atoms with E-state index < -0.39 is 45.2 Å². The summed E-state index contributed by atoms with van der Waals surface area (Å²) in [5.74, 6) is -3.50. The summed E-state index contributed by atoms with van der Waals surface area (Å²) in [7, 11) is 0. The van der Waals surface area contributed by atoms with E-state index in [4.69, 9.17) is 51.1 Å². The number of ether oxygens (including phenoxy) is 1. The van der Waals surface area contributed by atoms with Gasteiger partial charge in [0.2, 0.25) is 11.8 Å². The molecule has 3 amide bonds. The molecule has 2 heterocycles. The zero-order valence-electron chi connectivity index (χ0n) is 26.3. The molecule has 0 aliphatic carbocycles. The average molecular weight is 796 g/mol. The number of benzene rings is 3. The Morgan fingerprint density at radius 1 is 0.920 bits per heavy atom. The smallest absolute Gasteiger partial charge is 0.341 e. The molecule has 10 nitrogen and oxygen atoms in total. The number of nitrogens with one attached hydrogen (secondary N) is 2. The third kappa shape index (κ3) is 7.91. The highest BCUT2D eigenvalue weighted by Gasteiger charge is 2.33. The second kappa shape index (κ2) is 16.1. The molecule has 0 bridgehead atoms. The summed E-state index contributed by atoms with van der Waals surface area (Å²) in [4.78, 5) is 67.7. The van der Waals surface area contributed by atoms with Crippen LogP contribution in [0.2, 0.25) is 20.1 Å². The molecule has 3 N–H and O–H groups in total. The van der Waals surface area contributed by atoms with Crippen LogP contribution in [0.5, 0.6) is 0 Å². The molecular weight excluding hydrogens is 768 g/mol. The van der Waals surface area contributed by atoms with E-state index in [9.17, 15) is 29.1 Å². The van der Waals surface area contributed by atoms with Crippen molar-refractivity contribution in [1.82, 2.24) is 4.90 Å². The van der Waals surface area contributed by atoms with Gasteiger partial charge in [-0.3, -0.25) is 14.4 Å². The summed E-state index contributed by atoms with van der Waals surface area (Å²) < 4.78 is 5.35. The van der Waals surface area contributed by atoms with Crippen molar-refractivity contribution in [2.24, 2.45) is 0 Å². The van der Waals surface area contributed by atoms with Crippen LogP contribution in [-0.4, -0.2) is 52.8 Å². The summed E-state index contributed by atoms with van der Waals surface area (Å²) in [5.41, 5.74) is 0.874. The van der Waals surface area contributed by atoms with Crippen LogP contribution < -0.4 is 10.6 Å². The Hall–Kier alpha value is -3.78. The number of rotatable bonds is 10. The average Bonchev–Trinajstić information content (AvgIpc) is 3.45. The van der Waals surface area contributed by atoms with Crippen LogP contribution in [0.3, 0.4) is 0 Å². The summed E-state index contributed by atoms with van der Waals surface area (Å²) in [5, 5.41) is 13.5. The van der Waals surface area contributed by atoms with E-state index >= 15 is 0 Å².